The molecule has 0 radical (unpaired) electrons. The van der Waals surface area contributed by atoms with E-state index in [2.05, 4.69) is 45.0 Å². The van der Waals surface area contributed by atoms with Crippen molar-refractivity contribution >= 4 is 11.3 Å². The maximum atomic E-state index is 4.72. The number of thiazole rings is 1. The van der Waals surface area contributed by atoms with Crippen LogP contribution in [0.25, 0.3) is 0 Å². The largest absolute Gasteiger partial charge is 0.304 e. The molecular formula is C15H24N4S. The van der Waals surface area contributed by atoms with E-state index in [1.54, 1.807) is 0 Å². The van der Waals surface area contributed by atoms with Crippen molar-refractivity contribution in [1.82, 2.24) is 20.1 Å². The zero-order valence-electron chi connectivity index (χ0n) is 13.2. The molecule has 1 N–H and O–H groups in total. The van der Waals surface area contributed by atoms with Gasteiger partial charge in [0.15, 0.2) is 0 Å². The predicted molar refractivity (Wildman–Crippen MR) is 84.0 cm³/mol. The normalized spacial score (nSPS) is 13.7. The lowest BCUT2D eigenvalue weighted by molar-refractivity contribution is 0.565. The Morgan fingerprint density at radius 1 is 1.40 bits per heavy atom. The Labute approximate surface area is 125 Å². The van der Waals surface area contributed by atoms with Gasteiger partial charge >= 0.3 is 0 Å². The van der Waals surface area contributed by atoms with Gasteiger partial charge in [-0.1, -0.05) is 20.8 Å². The maximum Gasteiger partial charge on any atom is 0.0985 e. The second-order valence-corrected chi connectivity index (χ2v) is 7.33. The average molecular weight is 292 g/mol. The summed E-state index contributed by atoms with van der Waals surface area (Å²) in [5, 5.41) is 9.12. The van der Waals surface area contributed by atoms with Gasteiger partial charge in [-0.05, 0) is 19.9 Å². The second-order valence-electron chi connectivity index (χ2n) is 6.30. The Morgan fingerprint density at radius 3 is 2.60 bits per heavy atom. The van der Waals surface area contributed by atoms with Gasteiger partial charge in [-0.25, -0.2) is 4.98 Å². The predicted octanol–water partition coefficient (Wildman–Crippen LogP) is 3.33. The van der Waals surface area contributed by atoms with E-state index in [9.17, 15) is 0 Å². The highest BCUT2D eigenvalue weighted by atomic mass is 32.1. The van der Waals surface area contributed by atoms with Gasteiger partial charge in [0.2, 0.25) is 0 Å². The van der Waals surface area contributed by atoms with Crippen LogP contribution in [0.2, 0.25) is 0 Å². The number of hydrogen-bond acceptors (Lipinski definition) is 4. The molecule has 1 atom stereocenters. The maximum absolute atomic E-state index is 4.72. The zero-order chi connectivity index (χ0) is 14.9. The summed E-state index contributed by atoms with van der Waals surface area (Å²) in [5.41, 5.74) is 2.33. The van der Waals surface area contributed by atoms with Gasteiger partial charge < -0.3 is 5.32 Å². The molecule has 0 aliphatic heterocycles. The van der Waals surface area contributed by atoms with Crippen LogP contribution >= 0.6 is 11.3 Å². The van der Waals surface area contributed by atoms with Crippen molar-refractivity contribution in [2.75, 3.05) is 0 Å². The molecule has 0 saturated heterocycles. The molecule has 2 heterocycles. The first-order valence-electron chi connectivity index (χ1n) is 6.97. The van der Waals surface area contributed by atoms with Crippen molar-refractivity contribution in [3.63, 3.8) is 0 Å². The van der Waals surface area contributed by atoms with Crippen LogP contribution in [0.4, 0.5) is 0 Å². The first-order chi connectivity index (χ1) is 9.27. The first-order valence-corrected chi connectivity index (χ1v) is 7.78. The summed E-state index contributed by atoms with van der Waals surface area (Å²) >= 11 is 1.82. The molecule has 0 saturated carbocycles. The summed E-state index contributed by atoms with van der Waals surface area (Å²) in [6, 6.07) is 2.34. The molecule has 20 heavy (non-hydrogen) atoms. The van der Waals surface area contributed by atoms with Gasteiger partial charge in [-0.15, -0.1) is 11.3 Å². The van der Waals surface area contributed by atoms with Crippen LogP contribution in [0.15, 0.2) is 12.3 Å². The van der Waals surface area contributed by atoms with Crippen molar-refractivity contribution in [2.45, 2.75) is 52.6 Å². The molecule has 0 bridgehead atoms. The quantitative estimate of drug-likeness (QED) is 0.940. The molecule has 0 spiro atoms. The lowest BCUT2D eigenvalue weighted by atomic mass is 9.98. The average Bonchev–Trinajstić information content (AvgIpc) is 2.92. The van der Waals surface area contributed by atoms with E-state index in [4.69, 9.17) is 4.98 Å². The van der Waals surface area contributed by atoms with Gasteiger partial charge in [-0.3, -0.25) is 4.68 Å². The molecule has 4 nitrogen and oxygen atoms in total. The first kappa shape index (κ1) is 15.2. The minimum atomic E-state index is 0.119. The van der Waals surface area contributed by atoms with Gasteiger partial charge in [0.1, 0.15) is 0 Å². The molecule has 2 rings (SSSR count). The van der Waals surface area contributed by atoms with Gasteiger partial charge in [0.25, 0.3) is 0 Å². The minimum absolute atomic E-state index is 0.119. The number of rotatable bonds is 4. The summed E-state index contributed by atoms with van der Waals surface area (Å²) in [5.74, 6) is 0. The molecule has 110 valence electrons. The molecule has 2 aromatic heterocycles. The molecule has 0 amide bonds. The van der Waals surface area contributed by atoms with E-state index in [0.29, 0.717) is 6.04 Å². The molecule has 0 aliphatic rings. The lowest BCUT2D eigenvalue weighted by Gasteiger charge is -2.14. The Hall–Kier alpha value is -1.20. The molecule has 2 aromatic rings. The molecule has 5 heteroatoms. The Kier molecular flexibility index (Phi) is 4.30. The second kappa shape index (κ2) is 5.66. The Bertz CT molecular complexity index is 577. The van der Waals surface area contributed by atoms with Gasteiger partial charge in [0, 0.05) is 36.1 Å². The standard InChI is InChI=1S/C15H24N4S/c1-10(16-9-12-7-8-19(6)18-12)13-11(2)17-14(20-13)15(3,4)5/h7-8,10,16H,9H2,1-6H3. The van der Waals surface area contributed by atoms with Crippen LogP contribution in [-0.2, 0) is 19.0 Å². The zero-order valence-corrected chi connectivity index (χ0v) is 14.0. The monoisotopic (exact) mass is 292 g/mol. The van der Waals surface area contributed by atoms with Crippen molar-refractivity contribution < 1.29 is 0 Å². The Morgan fingerprint density at radius 2 is 2.10 bits per heavy atom. The van der Waals surface area contributed by atoms with Gasteiger partial charge in [0.05, 0.1) is 16.4 Å². The van der Waals surface area contributed by atoms with Crippen LogP contribution in [-0.4, -0.2) is 14.8 Å². The molecular weight excluding hydrogens is 268 g/mol. The number of aromatic nitrogens is 3. The van der Waals surface area contributed by atoms with Crippen molar-refractivity contribution in [3.05, 3.63) is 33.5 Å². The van der Waals surface area contributed by atoms with Crippen LogP contribution in [0, 0.1) is 6.92 Å². The van der Waals surface area contributed by atoms with E-state index in [-0.39, 0.29) is 5.41 Å². The van der Waals surface area contributed by atoms with Crippen molar-refractivity contribution in [3.8, 4) is 0 Å². The number of aryl methyl sites for hydroxylation is 2. The summed E-state index contributed by atoms with van der Waals surface area (Å²) in [4.78, 5) is 6.05. The molecule has 0 aromatic carbocycles. The van der Waals surface area contributed by atoms with Crippen molar-refractivity contribution in [2.24, 2.45) is 7.05 Å². The molecule has 1 unspecified atom stereocenters. The fourth-order valence-corrected chi connectivity index (χ4v) is 3.19. The van der Waals surface area contributed by atoms with Crippen LogP contribution in [0.3, 0.4) is 0 Å². The number of nitrogens with zero attached hydrogens (tertiary/aromatic N) is 3. The summed E-state index contributed by atoms with van der Waals surface area (Å²) in [6.07, 6.45) is 1.97. The highest BCUT2D eigenvalue weighted by Gasteiger charge is 2.22. The summed E-state index contributed by atoms with van der Waals surface area (Å²) in [7, 11) is 1.94. The molecule has 0 fully saturated rings. The highest BCUT2D eigenvalue weighted by molar-refractivity contribution is 7.12. The van der Waals surface area contributed by atoms with E-state index in [1.165, 1.54) is 9.88 Å². The summed E-state index contributed by atoms with van der Waals surface area (Å²) < 4.78 is 1.83. The lowest BCUT2D eigenvalue weighted by Crippen LogP contribution is -2.18. The molecule has 0 aliphatic carbocycles. The number of hydrogen-bond donors (Lipinski definition) is 1. The summed E-state index contributed by atoms with van der Waals surface area (Å²) in [6.45, 7) is 11.7. The topological polar surface area (TPSA) is 42.7 Å². The van der Waals surface area contributed by atoms with E-state index in [0.717, 1.165) is 17.9 Å². The minimum Gasteiger partial charge on any atom is -0.304 e. The SMILES string of the molecule is Cc1nc(C(C)(C)C)sc1C(C)NCc1ccn(C)n1. The third-order valence-electron chi connectivity index (χ3n) is 3.23. The van der Waals surface area contributed by atoms with Crippen LogP contribution < -0.4 is 5.32 Å². The fourth-order valence-electron chi connectivity index (χ4n) is 2.04. The van der Waals surface area contributed by atoms with Crippen molar-refractivity contribution in [1.29, 1.82) is 0 Å². The van der Waals surface area contributed by atoms with Gasteiger partial charge in [-0.2, -0.15) is 5.10 Å². The van der Waals surface area contributed by atoms with Crippen LogP contribution in [0.5, 0.6) is 0 Å². The van der Waals surface area contributed by atoms with E-state index >= 15 is 0 Å². The Balaban J connectivity index is 2.05. The van der Waals surface area contributed by atoms with Crippen LogP contribution in [0.1, 0.15) is 55.0 Å². The third-order valence-corrected chi connectivity index (χ3v) is 4.99. The number of nitrogens with one attached hydrogen (secondary N) is 1. The van der Waals surface area contributed by atoms with E-state index in [1.807, 2.05) is 35.3 Å². The third kappa shape index (κ3) is 3.46. The fraction of sp³-hybridized carbons (Fsp3) is 0.600. The smallest absolute Gasteiger partial charge is 0.0985 e. The van der Waals surface area contributed by atoms with E-state index < -0.39 is 0 Å². The highest BCUT2D eigenvalue weighted by Crippen LogP contribution is 2.32.